The van der Waals surface area contributed by atoms with Crippen molar-refractivity contribution in [2.45, 2.75) is 39.5 Å². The number of hydrogen-bond donors (Lipinski definition) is 2. The molecule has 0 fully saturated rings. The van der Waals surface area contributed by atoms with Crippen molar-refractivity contribution in [2.75, 3.05) is 17.7 Å². The minimum atomic E-state index is 0.0598. The Morgan fingerprint density at radius 3 is 2.77 bits per heavy atom. The van der Waals surface area contributed by atoms with Gasteiger partial charge >= 0.3 is 0 Å². The number of methoxy groups -OCH3 is 1. The molecule has 2 aromatic carbocycles. The van der Waals surface area contributed by atoms with Crippen LogP contribution in [0.15, 0.2) is 53.9 Å². The molecule has 0 radical (unpaired) electrons. The van der Waals surface area contributed by atoms with E-state index in [4.69, 9.17) is 9.72 Å². The maximum Gasteiger partial charge on any atom is 0.227 e. The lowest BCUT2D eigenvalue weighted by Gasteiger charge is -2.15. The fraction of sp³-hybridized carbons (Fsp3) is 0.333. The Kier molecular flexibility index (Phi) is 7.85. The second-order valence-corrected chi connectivity index (χ2v) is 8.04. The second kappa shape index (κ2) is 10.8. The van der Waals surface area contributed by atoms with Gasteiger partial charge in [-0.3, -0.25) is 4.79 Å². The molecule has 1 atom stereocenters. The molecule has 0 spiro atoms. The summed E-state index contributed by atoms with van der Waals surface area (Å²) in [7, 11) is 1.65. The molecule has 0 bridgehead atoms. The quantitative estimate of drug-likeness (QED) is 0.380. The molecule has 2 N–H and O–H groups in total. The lowest BCUT2D eigenvalue weighted by molar-refractivity contribution is -0.120. The number of unbranched alkanes of at least 4 members (excludes halogenated alkanes) is 1. The molecule has 3 aromatic rings. The molecule has 158 valence electrons. The third-order valence-corrected chi connectivity index (χ3v) is 5.81. The highest BCUT2D eigenvalue weighted by Crippen LogP contribution is 2.32. The molecule has 6 heteroatoms. The summed E-state index contributed by atoms with van der Waals surface area (Å²) in [6.07, 6.45) is 3.97. The van der Waals surface area contributed by atoms with Gasteiger partial charge in [0.2, 0.25) is 5.91 Å². The predicted molar refractivity (Wildman–Crippen MR) is 126 cm³/mol. The van der Waals surface area contributed by atoms with Gasteiger partial charge in [0.15, 0.2) is 5.13 Å². The Morgan fingerprint density at radius 2 is 2.00 bits per heavy atom. The maximum absolute atomic E-state index is 12.6. The SMILES string of the molecule is CCCCC(CC)C(=O)Nc1cccc(-c2csc(Nc3ccccc3OC)n2)c1. The summed E-state index contributed by atoms with van der Waals surface area (Å²) in [5.41, 5.74) is 3.52. The Morgan fingerprint density at radius 1 is 1.17 bits per heavy atom. The molecule has 1 heterocycles. The van der Waals surface area contributed by atoms with E-state index < -0.39 is 0 Å². The van der Waals surface area contributed by atoms with E-state index in [0.717, 1.165) is 59.2 Å². The van der Waals surface area contributed by atoms with Crippen LogP contribution in [0.4, 0.5) is 16.5 Å². The second-order valence-electron chi connectivity index (χ2n) is 7.18. The number of carbonyl (C=O) groups is 1. The monoisotopic (exact) mass is 423 g/mol. The first kappa shape index (κ1) is 21.8. The lowest BCUT2D eigenvalue weighted by Crippen LogP contribution is -2.22. The predicted octanol–water partition coefficient (Wildman–Crippen LogP) is 6.72. The van der Waals surface area contributed by atoms with Crippen molar-refractivity contribution in [3.8, 4) is 17.0 Å². The van der Waals surface area contributed by atoms with E-state index in [2.05, 4.69) is 24.5 Å². The maximum atomic E-state index is 12.6. The zero-order valence-electron chi connectivity index (χ0n) is 17.8. The highest BCUT2D eigenvalue weighted by atomic mass is 32.1. The van der Waals surface area contributed by atoms with Crippen molar-refractivity contribution in [1.82, 2.24) is 4.98 Å². The van der Waals surface area contributed by atoms with Crippen LogP contribution in [-0.4, -0.2) is 18.0 Å². The Labute approximate surface area is 182 Å². The molecule has 0 aliphatic carbocycles. The Hall–Kier alpha value is -2.86. The van der Waals surface area contributed by atoms with Crippen LogP contribution in [0.5, 0.6) is 5.75 Å². The van der Waals surface area contributed by atoms with Crippen molar-refractivity contribution in [1.29, 1.82) is 0 Å². The lowest BCUT2D eigenvalue weighted by atomic mass is 9.98. The number of nitrogens with zero attached hydrogens (tertiary/aromatic N) is 1. The number of amides is 1. The van der Waals surface area contributed by atoms with E-state index in [0.29, 0.717) is 0 Å². The van der Waals surface area contributed by atoms with Crippen molar-refractivity contribution < 1.29 is 9.53 Å². The van der Waals surface area contributed by atoms with E-state index in [1.165, 1.54) is 11.3 Å². The molecule has 0 saturated heterocycles. The first-order valence-corrected chi connectivity index (χ1v) is 11.3. The van der Waals surface area contributed by atoms with Gasteiger partial charge in [0.25, 0.3) is 0 Å². The van der Waals surface area contributed by atoms with Gasteiger partial charge in [-0.1, -0.05) is 51.0 Å². The number of para-hydroxylation sites is 2. The summed E-state index contributed by atoms with van der Waals surface area (Å²) in [5.74, 6) is 0.928. The number of hydrogen-bond acceptors (Lipinski definition) is 5. The van der Waals surface area contributed by atoms with E-state index in [-0.39, 0.29) is 11.8 Å². The summed E-state index contributed by atoms with van der Waals surface area (Å²) in [6, 6.07) is 15.6. The molecule has 0 saturated carbocycles. The third kappa shape index (κ3) is 5.60. The number of anilines is 3. The molecule has 1 aromatic heterocycles. The fourth-order valence-corrected chi connectivity index (χ4v) is 4.03. The molecular weight excluding hydrogens is 394 g/mol. The van der Waals surface area contributed by atoms with E-state index in [1.807, 2.05) is 53.9 Å². The van der Waals surface area contributed by atoms with Crippen LogP contribution >= 0.6 is 11.3 Å². The molecule has 0 aliphatic heterocycles. The minimum absolute atomic E-state index is 0.0598. The number of benzene rings is 2. The van der Waals surface area contributed by atoms with Gasteiger partial charge in [0.05, 0.1) is 18.5 Å². The summed E-state index contributed by atoms with van der Waals surface area (Å²) in [6.45, 7) is 4.22. The van der Waals surface area contributed by atoms with Crippen LogP contribution in [-0.2, 0) is 4.79 Å². The van der Waals surface area contributed by atoms with Gasteiger partial charge < -0.3 is 15.4 Å². The topological polar surface area (TPSA) is 63.2 Å². The summed E-state index contributed by atoms with van der Waals surface area (Å²) < 4.78 is 5.39. The van der Waals surface area contributed by atoms with Crippen LogP contribution in [0.25, 0.3) is 11.3 Å². The Balaban J connectivity index is 1.71. The first-order chi connectivity index (χ1) is 14.6. The first-order valence-electron chi connectivity index (χ1n) is 10.4. The number of carbonyl (C=O) groups excluding carboxylic acids is 1. The molecule has 30 heavy (non-hydrogen) atoms. The molecule has 3 rings (SSSR count). The normalized spacial score (nSPS) is 11.7. The summed E-state index contributed by atoms with van der Waals surface area (Å²) in [5, 5.41) is 9.19. The van der Waals surface area contributed by atoms with Gasteiger partial charge in [0, 0.05) is 22.5 Å². The fourth-order valence-electron chi connectivity index (χ4n) is 3.30. The smallest absolute Gasteiger partial charge is 0.227 e. The van der Waals surface area contributed by atoms with Gasteiger partial charge in [0.1, 0.15) is 5.75 Å². The van der Waals surface area contributed by atoms with Crippen LogP contribution in [0.2, 0.25) is 0 Å². The largest absolute Gasteiger partial charge is 0.495 e. The zero-order chi connectivity index (χ0) is 21.3. The van der Waals surface area contributed by atoms with Gasteiger partial charge in [-0.05, 0) is 37.1 Å². The molecule has 1 amide bonds. The highest BCUT2D eigenvalue weighted by molar-refractivity contribution is 7.14. The number of nitrogens with one attached hydrogen (secondary N) is 2. The van der Waals surface area contributed by atoms with Gasteiger partial charge in [-0.25, -0.2) is 4.98 Å². The number of rotatable bonds is 10. The summed E-state index contributed by atoms with van der Waals surface area (Å²) >= 11 is 1.53. The number of aromatic nitrogens is 1. The van der Waals surface area contributed by atoms with E-state index >= 15 is 0 Å². The van der Waals surface area contributed by atoms with Crippen LogP contribution in [0.1, 0.15) is 39.5 Å². The zero-order valence-corrected chi connectivity index (χ0v) is 18.6. The van der Waals surface area contributed by atoms with Crippen molar-refractivity contribution >= 4 is 33.8 Å². The molecule has 0 aliphatic rings. The molecular formula is C24H29N3O2S. The summed E-state index contributed by atoms with van der Waals surface area (Å²) in [4.78, 5) is 17.3. The van der Waals surface area contributed by atoms with Crippen LogP contribution in [0, 0.1) is 5.92 Å². The standard InChI is InChI=1S/C24H29N3O2S/c1-4-6-10-17(5-2)23(28)25-19-12-9-11-18(15-19)21-16-30-24(27-21)26-20-13-7-8-14-22(20)29-3/h7-9,11-17H,4-6,10H2,1-3H3,(H,25,28)(H,26,27). The van der Waals surface area contributed by atoms with E-state index in [1.54, 1.807) is 7.11 Å². The highest BCUT2D eigenvalue weighted by Gasteiger charge is 2.16. The van der Waals surface area contributed by atoms with Crippen molar-refractivity contribution in [3.05, 3.63) is 53.9 Å². The molecule has 5 nitrogen and oxygen atoms in total. The van der Waals surface area contributed by atoms with Crippen molar-refractivity contribution in [2.24, 2.45) is 5.92 Å². The van der Waals surface area contributed by atoms with Crippen LogP contribution in [0.3, 0.4) is 0 Å². The number of ether oxygens (including phenoxy) is 1. The van der Waals surface area contributed by atoms with Crippen molar-refractivity contribution in [3.63, 3.8) is 0 Å². The van der Waals surface area contributed by atoms with E-state index in [9.17, 15) is 4.79 Å². The average molecular weight is 424 g/mol. The van der Waals surface area contributed by atoms with Crippen LogP contribution < -0.4 is 15.4 Å². The number of thiazole rings is 1. The molecule has 1 unspecified atom stereocenters. The third-order valence-electron chi connectivity index (χ3n) is 5.05. The van der Waals surface area contributed by atoms with Gasteiger partial charge in [-0.15, -0.1) is 11.3 Å². The Bertz CT molecular complexity index is 970. The average Bonchev–Trinajstić information content (AvgIpc) is 3.23. The minimum Gasteiger partial charge on any atom is -0.495 e. The van der Waals surface area contributed by atoms with Gasteiger partial charge in [-0.2, -0.15) is 0 Å².